The summed E-state index contributed by atoms with van der Waals surface area (Å²) < 4.78 is 0. The van der Waals surface area contributed by atoms with Crippen molar-refractivity contribution >= 4 is 5.69 Å². The summed E-state index contributed by atoms with van der Waals surface area (Å²) in [4.78, 5) is 11.1. The van der Waals surface area contributed by atoms with Crippen LogP contribution < -0.4 is 4.90 Å². The van der Waals surface area contributed by atoms with Crippen molar-refractivity contribution in [2.24, 2.45) is 0 Å². The highest BCUT2D eigenvalue weighted by Gasteiger charge is 2.22. The fourth-order valence-corrected chi connectivity index (χ4v) is 2.60. The molecule has 1 N–H and O–H groups in total. The van der Waals surface area contributed by atoms with Gasteiger partial charge in [-0.25, -0.2) is 9.97 Å². The summed E-state index contributed by atoms with van der Waals surface area (Å²) in [6.45, 7) is 4.11. The van der Waals surface area contributed by atoms with Crippen LogP contribution in [0.25, 0.3) is 0 Å². The van der Waals surface area contributed by atoms with Crippen LogP contribution in [0.15, 0.2) is 6.20 Å². The Labute approximate surface area is 109 Å². The van der Waals surface area contributed by atoms with Gasteiger partial charge in [0.05, 0.1) is 24.2 Å². The number of anilines is 1. The molecule has 0 amide bonds. The predicted octanol–water partition coefficient (Wildman–Crippen LogP) is 2.47. The fraction of sp³-hybridized carbons (Fsp3) is 0.714. The number of hydrogen-bond donors (Lipinski definition) is 1. The summed E-state index contributed by atoms with van der Waals surface area (Å²) in [7, 11) is 2.09. The quantitative estimate of drug-likeness (QED) is 0.890. The second kappa shape index (κ2) is 5.65. The maximum absolute atomic E-state index is 9.50. The largest absolute Gasteiger partial charge is 0.390 e. The summed E-state index contributed by atoms with van der Waals surface area (Å²) >= 11 is 0. The van der Waals surface area contributed by atoms with Gasteiger partial charge in [-0.15, -0.1) is 0 Å². The van der Waals surface area contributed by atoms with Gasteiger partial charge in [0.1, 0.15) is 5.82 Å². The van der Waals surface area contributed by atoms with Crippen LogP contribution in [0, 0.1) is 0 Å². The zero-order valence-corrected chi connectivity index (χ0v) is 11.6. The molecule has 100 valence electrons. The van der Waals surface area contributed by atoms with E-state index in [1.807, 2.05) is 6.20 Å². The van der Waals surface area contributed by atoms with Gasteiger partial charge < -0.3 is 10.0 Å². The van der Waals surface area contributed by atoms with Gasteiger partial charge >= 0.3 is 0 Å². The van der Waals surface area contributed by atoms with Crippen molar-refractivity contribution in [3.63, 3.8) is 0 Å². The molecule has 0 unspecified atom stereocenters. The molecule has 1 fully saturated rings. The smallest absolute Gasteiger partial charge is 0.131 e. The first-order valence-corrected chi connectivity index (χ1v) is 6.83. The van der Waals surface area contributed by atoms with E-state index < -0.39 is 0 Å². The molecule has 0 aromatic carbocycles. The third kappa shape index (κ3) is 2.64. The van der Waals surface area contributed by atoms with Crippen molar-refractivity contribution in [2.45, 2.75) is 58.1 Å². The minimum absolute atomic E-state index is 0.0192. The molecule has 1 aromatic heterocycles. The van der Waals surface area contributed by atoms with E-state index in [0.29, 0.717) is 12.0 Å². The van der Waals surface area contributed by atoms with Crippen LogP contribution in [0.3, 0.4) is 0 Å². The molecule has 1 aliphatic carbocycles. The molecule has 1 saturated carbocycles. The van der Waals surface area contributed by atoms with E-state index in [1.165, 1.54) is 25.7 Å². The van der Waals surface area contributed by atoms with Crippen LogP contribution in [-0.4, -0.2) is 28.2 Å². The van der Waals surface area contributed by atoms with E-state index in [9.17, 15) is 5.11 Å². The van der Waals surface area contributed by atoms with Crippen LogP contribution in [0.4, 0.5) is 5.69 Å². The molecule has 18 heavy (non-hydrogen) atoms. The molecule has 0 saturated heterocycles. The molecule has 2 rings (SSSR count). The molecular formula is C14H23N3O. The monoisotopic (exact) mass is 249 g/mol. The Balaban J connectivity index is 2.26. The first-order chi connectivity index (χ1) is 8.63. The summed E-state index contributed by atoms with van der Waals surface area (Å²) in [5.41, 5.74) is 1.73. The number of aliphatic hydroxyl groups excluding tert-OH is 1. The van der Waals surface area contributed by atoms with Gasteiger partial charge in [0.15, 0.2) is 0 Å². The molecule has 0 aliphatic heterocycles. The zero-order chi connectivity index (χ0) is 13.1. The number of nitrogens with zero attached hydrogens (tertiary/aromatic N) is 3. The van der Waals surface area contributed by atoms with E-state index in [-0.39, 0.29) is 6.61 Å². The van der Waals surface area contributed by atoms with E-state index in [4.69, 9.17) is 0 Å². The summed E-state index contributed by atoms with van der Waals surface area (Å²) in [5, 5.41) is 9.50. The molecule has 0 spiro atoms. The van der Waals surface area contributed by atoms with Crippen LogP contribution >= 0.6 is 0 Å². The average molecular weight is 249 g/mol. The lowest BCUT2D eigenvalue weighted by Crippen LogP contribution is -2.30. The van der Waals surface area contributed by atoms with Gasteiger partial charge in [-0.3, -0.25) is 0 Å². The van der Waals surface area contributed by atoms with E-state index >= 15 is 0 Å². The van der Waals surface area contributed by atoms with E-state index in [0.717, 1.165) is 17.2 Å². The summed E-state index contributed by atoms with van der Waals surface area (Å²) in [6.07, 6.45) is 6.93. The summed E-state index contributed by atoms with van der Waals surface area (Å²) in [6, 6.07) is 0.573. The van der Waals surface area contributed by atoms with Crippen molar-refractivity contribution in [1.82, 2.24) is 9.97 Å². The van der Waals surface area contributed by atoms with Gasteiger partial charge in [-0.1, -0.05) is 26.7 Å². The number of hydrogen-bond acceptors (Lipinski definition) is 4. The van der Waals surface area contributed by atoms with Gasteiger partial charge in [0.25, 0.3) is 0 Å². The topological polar surface area (TPSA) is 49.2 Å². The Morgan fingerprint density at radius 2 is 2.06 bits per heavy atom. The first-order valence-electron chi connectivity index (χ1n) is 6.83. The average Bonchev–Trinajstić information content (AvgIpc) is 2.90. The Hall–Kier alpha value is -1.16. The van der Waals surface area contributed by atoms with E-state index in [1.54, 1.807) is 0 Å². The van der Waals surface area contributed by atoms with Gasteiger partial charge in [0.2, 0.25) is 0 Å². The van der Waals surface area contributed by atoms with Gasteiger partial charge in [-0.2, -0.15) is 0 Å². The molecule has 0 radical (unpaired) electrons. The number of aliphatic hydroxyl groups is 1. The molecule has 0 bridgehead atoms. The molecule has 4 nitrogen and oxygen atoms in total. The lowest BCUT2D eigenvalue weighted by Gasteiger charge is -2.27. The van der Waals surface area contributed by atoms with Crippen LogP contribution in [-0.2, 0) is 6.61 Å². The molecule has 4 heteroatoms. The van der Waals surface area contributed by atoms with Crippen LogP contribution in [0.5, 0.6) is 0 Å². The highest BCUT2D eigenvalue weighted by Crippen LogP contribution is 2.28. The van der Waals surface area contributed by atoms with Crippen molar-refractivity contribution in [3.8, 4) is 0 Å². The second-order valence-corrected chi connectivity index (χ2v) is 5.42. The minimum atomic E-state index is -0.0192. The molecule has 1 aromatic rings. The van der Waals surface area contributed by atoms with Gasteiger partial charge in [0, 0.05) is 19.0 Å². The third-order valence-corrected chi connectivity index (χ3v) is 3.78. The summed E-state index contributed by atoms with van der Waals surface area (Å²) in [5.74, 6) is 1.10. The van der Waals surface area contributed by atoms with Crippen molar-refractivity contribution < 1.29 is 5.11 Å². The minimum Gasteiger partial charge on any atom is -0.390 e. The second-order valence-electron chi connectivity index (χ2n) is 5.42. The first kappa shape index (κ1) is 13.3. The predicted molar refractivity (Wildman–Crippen MR) is 72.7 cm³/mol. The van der Waals surface area contributed by atoms with Crippen molar-refractivity contribution in [3.05, 3.63) is 17.7 Å². The van der Waals surface area contributed by atoms with E-state index in [2.05, 4.69) is 35.8 Å². The SMILES string of the molecule is CC(C)c1ncc(N(C)C2CCCC2)c(CO)n1. The normalized spacial score (nSPS) is 16.5. The lowest BCUT2D eigenvalue weighted by atomic mass is 10.1. The Morgan fingerprint density at radius 1 is 1.39 bits per heavy atom. The Bertz CT molecular complexity index is 400. The number of aromatic nitrogens is 2. The standard InChI is InChI=1S/C14H23N3O/c1-10(2)14-15-8-13(12(9-18)16-14)17(3)11-6-4-5-7-11/h8,10-11,18H,4-7,9H2,1-3H3. The molecule has 1 aliphatic rings. The van der Waals surface area contributed by atoms with Crippen LogP contribution in [0.1, 0.15) is 57.0 Å². The lowest BCUT2D eigenvalue weighted by molar-refractivity contribution is 0.276. The fourth-order valence-electron chi connectivity index (χ4n) is 2.60. The van der Waals surface area contributed by atoms with Crippen LogP contribution in [0.2, 0.25) is 0 Å². The Kier molecular flexibility index (Phi) is 4.17. The highest BCUT2D eigenvalue weighted by molar-refractivity contribution is 5.49. The molecule has 1 heterocycles. The van der Waals surface area contributed by atoms with Gasteiger partial charge in [-0.05, 0) is 12.8 Å². The highest BCUT2D eigenvalue weighted by atomic mass is 16.3. The molecular weight excluding hydrogens is 226 g/mol. The Morgan fingerprint density at radius 3 is 2.61 bits per heavy atom. The van der Waals surface area contributed by atoms with Crippen molar-refractivity contribution in [2.75, 3.05) is 11.9 Å². The maximum Gasteiger partial charge on any atom is 0.131 e. The van der Waals surface area contributed by atoms with Crippen molar-refractivity contribution in [1.29, 1.82) is 0 Å². The zero-order valence-electron chi connectivity index (χ0n) is 11.6. The molecule has 0 atom stereocenters. The third-order valence-electron chi connectivity index (χ3n) is 3.78. The number of rotatable bonds is 4. The maximum atomic E-state index is 9.50.